The first-order valence-corrected chi connectivity index (χ1v) is 10.2. The van der Waals surface area contributed by atoms with Gasteiger partial charge in [0.05, 0.1) is 5.69 Å². The number of amides is 1. The molecule has 0 unspecified atom stereocenters. The van der Waals surface area contributed by atoms with Gasteiger partial charge >= 0.3 is 0 Å². The van der Waals surface area contributed by atoms with Gasteiger partial charge in [-0.05, 0) is 24.8 Å². The van der Waals surface area contributed by atoms with Gasteiger partial charge in [0, 0.05) is 26.2 Å². The number of hydrogen-bond acceptors (Lipinski definition) is 4. The number of hydrogen-bond donors (Lipinski definition) is 1. The van der Waals surface area contributed by atoms with Gasteiger partial charge in [0.2, 0.25) is 10.0 Å². The molecule has 2 aliphatic rings. The van der Waals surface area contributed by atoms with Crippen molar-refractivity contribution in [2.45, 2.75) is 56.7 Å². The maximum Gasteiger partial charge on any atom is 0.272 e. The van der Waals surface area contributed by atoms with Gasteiger partial charge in [0.1, 0.15) is 10.9 Å². The molecule has 0 spiro atoms. The third-order valence-electron chi connectivity index (χ3n) is 4.97. The molecule has 1 aromatic heterocycles. The first kappa shape index (κ1) is 17.4. The van der Waals surface area contributed by atoms with Crippen LogP contribution in [-0.2, 0) is 17.1 Å². The Morgan fingerprint density at radius 1 is 1.29 bits per heavy atom. The lowest BCUT2D eigenvalue weighted by molar-refractivity contribution is 0.0646. The van der Waals surface area contributed by atoms with Crippen LogP contribution in [0, 0.1) is 0 Å². The Bertz CT molecular complexity index is 714. The summed E-state index contributed by atoms with van der Waals surface area (Å²) < 4.78 is 29.1. The monoisotopic (exact) mass is 354 g/mol. The minimum Gasteiger partial charge on any atom is -0.334 e. The lowest BCUT2D eigenvalue weighted by Gasteiger charge is -2.38. The van der Waals surface area contributed by atoms with E-state index < -0.39 is 15.3 Å². The Hall–Kier alpha value is -1.41. The Morgan fingerprint density at radius 3 is 2.46 bits per heavy atom. The van der Waals surface area contributed by atoms with Crippen LogP contribution in [0.25, 0.3) is 0 Å². The van der Waals surface area contributed by atoms with Crippen LogP contribution < -0.4 is 4.72 Å². The van der Waals surface area contributed by atoms with E-state index in [2.05, 4.69) is 9.82 Å². The molecular weight excluding hydrogens is 328 g/mol. The molecule has 1 amide bonds. The molecule has 1 N–H and O–H groups in total. The summed E-state index contributed by atoms with van der Waals surface area (Å²) in [5.74, 6) is 0.0992. The average molecular weight is 354 g/mol. The number of carbonyl (C=O) groups excluding carboxylic acids is 1. The van der Waals surface area contributed by atoms with Crippen LogP contribution in [0.2, 0.25) is 0 Å². The van der Waals surface area contributed by atoms with E-state index in [1.165, 1.54) is 0 Å². The van der Waals surface area contributed by atoms with Gasteiger partial charge in [-0.25, -0.2) is 13.1 Å². The highest BCUT2D eigenvalue weighted by atomic mass is 32.2. The zero-order chi connectivity index (χ0) is 17.5. The van der Waals surface area contributed by atoms with Crippen molar-refractivity contribution < 1.29 is 13.2 Å². The molecule has 1 saturated heterocycles. The van der Waals surface area contributed by atoms with E-state index in [0.717, 1.165) is 31.4 Å². The Kier molecular flexibility index (Phi) is 4.70. The molecule has 0 radical (unpaired) electrons. The standard InChI is InChI=1S/C16H26N4O3S/c1-11(2)14-8-15(19(3)17-14)16(21)20-9-13(10-20)24(22,23)18-12-6-4-5-7-12/h8,11-13,18H,4-7,9-10H2,1-3H3. The Labute approximate surface area is 143 Å². The fourth-order valence-corrected chi connectivity index (χ4v) is 4.95. The van der Waals surface area contributed by atoms with Gasteiger partial charge in [0.25, 0.3) is 5.91 Å². The molecule has 2 heterocycles. The number of aryl methyl sites for hydroxylation is 1. The smallest absolute Gasteiger partial charge is 0.272 e. The van der Waals surface area contributed by atoms with Crippen molar-refractivity contribution >= 4 is 15.9 Å². The number of carbonyl (C=O) groups is 1. The van der Waals surface area contributed by atoms with Gasteiger partial charge < -0.3 is 4.90 Å². The van der Waals surface area contributed by atoms with E-state index in [-0.39, 0.29) is 31.0 Å². The zero-order valence-electron chi connectivity index (χ0n) is 14.5. The number of rotatable bonds is 5. The molecule has 3 rings (SSSR count). The second-order valence-electron chi connectivity index (χ2n) is 7.21. The molecule has 1 saturated carbocycles. The highest BCUT2D eigenvalue weighted by Gasteiger charge is 2.41. The van der Waals surface area contributed by atoms with Crippen molar-refractivity contribution in [2.24, 2.45) is 7.05 Å². The van der Waals surface area contributed by atoms with Crippen LogP contribution in [0.15, 0.2) is 6.07 Å². The van der Waals surface area contributed by atoms with Gasteiger partial charge in [-0.15, -0.1) is 0 Å². The summed E-state index contributed by atoms with van der Waals surface area (Å²) in [5.41, 5.74) is 1.38. The van der Waals surface area contributed by atoms with Crippen molar-refractivity contribution in [3.05, 3.63) is 17.5 Å². The van der Waals surface area contributed by atoms with E-state index in [9.17, 15) is 13.2 Å². The van der Waals surface area contributed by atoms with Crippen LogP contribution in [0.4, 0.5) is 0 Å². The minimum atomic E-state index is -3.34. The normalized spacial score (nSPS) is 19.9. The second kappa shape index (κ2) is 6.48. The fourth-order valence-electron chi connectivity index (χ4n) is 3.31. The summed E-state index contributed by atoms with van der Waals surface area (Å²) in [7, 11) is -1.60. The van der Waals surface area contributed by atoms with Gasteiger partial charge in [-0.2, -0.15) is 5.10 Å². The number of nitrogens with zero attached hydrogens (tertiary/aromatic N) is 3. The zero-order valence-corrected chi connectivity index (χ0v) is 15.3. The largest absolute Gasteiger partial charge is 0.334 e. The predicted molar refractivity (Wildman–Crippen MR) is 91.3 cm³/mol. The summed E-state index contributed by atoms with van der Waals surface area (Å²) in [4.78, 5) is 14.1. The Balaban J connectivity index is 1.60. The van der Waals surface area contributed by atoms with E-state index in [1.807, 2.05) is 13.8 Å². The third-order valence-corrected chi connectivity index (χ3v) is 6.81. The minimum absolute atomic E-state index is 0.0745. The molecule has 1 aliphatic heterocycles. The number of nitrogens with one attached hydrogen (secondary N) is 1. The van der Waals surface area contributed by atoms with E-state index in [0.29, 0.717) is 5.69 Å². The maximum absolute atomic E-state index is 12.6. The molecule has 0 aromatic carbocycles. The summed E-state index contributed by atoms with van der Waals surface area (Å²) in [6, 6.07) is 1.87. The lowest BCUT2D eigenvalue weighted by atomic mass is 10.1. The molecule has 8 heteroatoms. The number of sulfonamides is 1. The molecule has 1 aromatic rings. The summed E-state index contributed by atoms with van der Waals surface area (Å²) in [5, 5.41) is 3.85. The fraction of sp³-hybridized carbons (Fsp3) is 0.750. The van der Waals surface area contributed by atoms with E-state index in [4.69, 9.17) is 0 Å². The van der Waals surface area contributed by atoms with E-state index >= 15 is 0 Å². The quantitative estimate of drug-likeness (QED) is 0.862. The van der Waals surface area contributed by atoms with Crippen molar-refractivity contribution in [2.75, 3.05) is 13.1 Å². The summed E-state index contributed by atoms with van der Waals surface area (Å²) >= 11 is 0. The number of aromatic nitrogens is 2. The molecular formula is C16H26N4O3S. The van der Waals surface area contributed by atoms with Crippen LogP contribution >= 0.6 is 0 Å². The predicted octanol–water partition coefficient (Wildman–Crippen LogP) is 1.23. The van der Waals surface area contributed by atoms with Crippen molar-refractivity contribution in [3.63, 3.8) is 0 Å². The van der Waals surface area contributed by atoms with Crippen LogP contribution in [0.1, 0.15) is 61.6 Å². The van der Waals surface area contributed by atoms with Crippen molar-refractivity contribution in [3.8, 4) is 0 Å². The van der Waals surface area contributed by atoms with Crippen LogP contribution in [-0.4, -0.2) is 53.4 Å². The molecule has 7 nitrogen and oxygen atoms in total. The maximum atomic E-state index is 12.6. The molecule has 1 aliphatic carbocycles. The summed E-state index contributed by atoms with van der Waals surface area (Å²) in [6.07, 6.45) is 4.01. The van der Waals surface area contributed by atoms with Crippen LogP contribution in [0.5, 0.6) is 0 Å². The molecule has 0 atom stereocenters. The highest BCUT2D eigenvalue weighted by molar-refractivity contribution is 7.90. The molecule has 134 valence electrons. The molecule has 2 fully saturated rings. The second-order valence-corrected chi connectivity index (χ2v) is 9.20. The van der Waals surface area contributed by atoms with Gasteiger partial charge in [-0.1, -0.05) is 26.7 Å². The van der Waals surface area contributed by atoms with E-state index in [1.54, 1.807) is 22.7 Å². The molecule has 0 bridgehead atoms. The topological polar surface area (TPSA) is 84.3 Å². The first-order valence-electron chi connectivity index (χ1n) is 8.62. The first-order chi connectivity index (χ1) is 11.3. The molecule has 24 heavy (non-hydrogen) atoms. The number of likely N-dealkylation sites (tertiary alicyclic amines) is 1. The SMILES string of the molecule is CC(C)c1cc(C(=O)N2CC(S(=O)(=O)NC3CCCC3)C2)n(C)n1. The third kappa shape index (κ3) is 3.35. The van der Waals surface area contributed by atoms with Crippen molar-refractivity contribution in [1.82, 2.24) is 19.4 Å². The lowest BCUT2D eigenvalue weighted by Crippen LogP contribution is -2.60. The van der Waals surface area contributed by atoms with Gasteiger partial charge in [0.15, 0.2) is 0 Å². The highest BCUT2D eigenvalue weighted by Crippen LogP contribution is 2.23. The average Bonchev–Trinajstić information content (AvgIpc) is 3.05. The Morgan fingerprint density at radius 2 is 1.92 bits per heavy atom. The van der Waals surface area contributed by atoms with Gasteiger partial charge in [-0.3, -0.25) is 9.48 Å². The summed E-state index contributed by atoms with van der Waals surface area (Å²) in [6.45, 7) is 4.56. The van der Waals surface area contributed by atoms with Crippen LogP contribution in [0.3, 0.4) is 0 Å². The van der Waals surface area contributed by atoms with Crippen molar-refractivity contribution in [1.29, 1.82) is 0 Å².